The fraction of sp³-hybridized carbons (Fsp3) is 0.333. The second-order valence-electron chi connectivity index (χ2n) is 5.87. The molecule has 0 radical (unpaired) electrons. The van der Waals surface area contributed by atoms with E-state index in [9.17, 15) is 9.50 Å². The fourth-order valence-corrected chi connectivity index (χ4v) is 2.86. The number of aliphatic hydroxyl groups is 1. The molecule has 24 heavy (non-hydrogen) atoms. The normalized spacial score (nSPS) is 15.6. The Bertz CT molecular complexity index is 716. The van der Waals surface area contributed by atoms with Crippen LogP contribution in [-0.4, -0.2) is 24.3 Å². The van der Waals surface area contributed by atoms with Crippen molar-refractivity contribution in [2.75, 3.05) is 18.0 Å². The van der Waals surface area contributed by atoms with E-state index in [0.717, 1.165) is 0 Å². The molecule has 128 valence electrons. The van der Waals surface area contributed by atoms with Gasteiger partial charge in [-0.15, -0.1) is 0 Å². The maximum absolute atomic E-state index is 15.0. The average Bonchev–Trinajstić information content (AvgIpc) is 2.58. The molecule has 4 nitrogen and oxygen atoms in total. The van der Waals surface area contributed by atoms with Crippen molar-refractivity contribution in [1.29, 1.82) is 0 Å². The highest BCUT2D eigenvalue weighted by atomic mass is 19.1. The molecule has 0 amide bonds. The van der Waals surface area contributed by atoms with Crippen LogP contribution in [0, 0.1) is 11.6 Å². The number of anilines is 1. The standard InChI is InChI=1S/C18H20F2N2O2/c19-13-2-1-3-15(10-13)24-18-12(11-21)4-5-16(17(18)20)22-8-6-14(23)7-9-22/h1-5,10,14,23H,6-9,11,21H2. The SMILES string of the molecule is NCc1ccc(N2CCC(O)CC2)c(F)c1Oc1cccc(F)c1. The molecule has 3 rings (SSSR count). The second-order valence-corrected chi connectivity index (χ2v) is 5.87. The van der Waals surface area contributed by atoms with E-state index < -0.39 is 11.6 Å². The summed E-state index contributed by atoms with van der Waals surface area (Å²) in [5.74, 6) is -0.733. The van der Waals surface area contributed by atoms with Crippen LogP contribution in [0.25, 0.3) is 0 Å². The van der Waals surface area contributed by atoms with Gasteiger partial charge in [0, 0.05) is 31.3 Å². The predicted molar refractivity (Wildman–Crippen MR) is 88.2 cm³/mol. The van der Waals surface area contributed by atoms with E-state index in [4.69, 9.17) is 10.5 Å². The van der Waals surface area contributed by atoms with E-state index in [1.54, 1.807) is 18.2 Å². The summed E-state index contributed by atoms with van der Waals surface area (Å²) in [7, 11) is 0. The number of piperidine rings is 1. The van der Waals surface area contributed by atoms with Gasteiger partial charge >= 0.3 is 0 Å². The Kier molecular flexibility index (Phi) is 4.97. The Morgan fingerprint density at radius 3 is 2.58 bits per heavy atom. The van der Waals surface area contributed by atoms with Gasteiger partial charge in [0.1, 0.15) is 11.6 Å². The first-order valence-corrected chi connectivity index (χ1v) is 7.96. The summed E-state index contributed by atoms with van der Waals surface area (Å²) in [4.78, 5) is 1.88. The zero-order chi connectivity index (χ0) is 17.1. The Morgan fingerprint density at radius 2 is 1.92 bits per heavy atom. The monoisotopic (exact) mass is 334 g/mol. The Balaban J connectivity index is 1.93. The van der Waals surface area contributed by atoms with Crippen LogP contribution >= 0.6 is 0 Å². The van der Waals surface area contributed by atoms with Crippen LogP contribution in [0.2, 0.25) is 0 Å². The summed E-state index contributed by atoms with van der Waals surface area (Å²) in [5.41, 5.74) is 6.60. The lowest BCUT2D eigenvalue weighted by Gasteiger charge is -2.32. The van der Waals surface area contributed by atoms with Gasteiger partial charge in [0.25, 0.3) is 0 Å². The number of hydrogen-bond donors (Lipinski definition) is 2. The van der Waals surface area contributed by atoms with Crippen LogP contribution in [0.4, 0.5) is 14.5 Å². The van der Waals surface area contributed by atoms with Crippen LogP contribution in [0.15, 0.2) is 36.4 Å². The molecule has 0 aliphatic carbocycles. The number of benzene rings is 2. The summed E-state index contributed by atoms with van der Waals surface area (Å²) in [6.45, 7) is 1.25. The van der Waals surface area contributed by atoms with Crippen LogP contribution < -0.4 is 15.4 Å². The number of hydrogen-bond acceptors (Lipinski definition) is 4. The van der Waals surface area contributed by atoms with Gasteiger partial charge in [0.2, 0.25) is 0 Å². The average molecular weight is 334 g/mol. The summed E-state index contributed by atoms with van der Waals surface area (Å²) in [6, 6.07) is 8.95. The maximum atomic E-state index is 15.0. The van der Waals surface area contributed by atoms with Gasteiger partial charge in [-0.3, -0.25) is 0 Å². The van der Waals surface area contributed by atoms with E-state index in [2.05, 4.69) is 0 Å². The highest BCUT2D eigenvalue weighted by molar-refractivity contribution is 5.57. The molecule has 0 unspecified atom stereocenters. The van der Waals surface area contributed by atoms with Gasteiger partial charge < -0.3 is 20.5 Å². The quantitative estimate of drug-likeness (QED) is 0.902. The highest BCUT2D eigenvalue weighted by Gasteiger charge is 2.23. The van der Waals surface area contributed by atoms with E-state index in [1.165, 1.54) is 18.2 Å². The Morgan fingerprint density at radius 1 is 1.17 bits per heavy atom. The first-order valence-electron chi connectivity index (χ1n) is 7.96. The summed E-state index contributed by atoms with van der Waals surface area (Å²) in [6.07, 6.45) is 0.853. The Labute approximate surface area is 139 Å². The lowest BCUT2D eigenvalue weighted by Crippen LogP contribution is -2.36. The van der Waals surface area contributed by atoms with Gasteiger partial charge in [0.05, 0.1) is 11.8 Å². The number of ether oxygens (including phenoxy) is 1. The molecule has 6 heteroatoms. The lowest BCUT2D eigenvalue weighted by molar-refractivity contribution is 0.145. The van der Waals surface area contributed by atoms with E-state index in [-0.39, 0.29) is 24.1 Å². The van der Waals surface area contributed by atoms with Crippen molar-refractivity contribution in [2.24, 2.45) is 5.73 Å². The minimum Gasteiger partial charge on any atom is -0.454 e. The Hall–Kier alpha value is -2.18. The van der Waals surface area contributed by atoms with Crippen LogP contribution in [0.1, 0.15) is 18.4 Å². The predicted octanol–water partition coefficient (Wildman–Crippen LogP) is 3.18. The third kappa shape index (κ3) is 3.49. The molecule has 2 aromatic carbocycles. The third-order valence-corrected chi connectivity index (χ3v) is 4.20. The van der Waals surface area contributed by atoms with Crippen molar-refractivity contribution in [1.82, 2.24) is 0 Å². The molecular formula is C18H20F2N2O2. The summed E-state index contributed by atoms with van der Waals surface area (Å²) in [5, 5.41) is 9.60. The van der Waals surface area contributed by atoms with Crippen LogP contribution in [0.5, 0.6) is 11.5 Å². The van der Waals surface area contributed by atoms with Crippen LogP contribution in [0.3, 0.4) is 0 Å². The molecule has 0 aromatic heterocycles. The van der Waals surface area contributed by atoms with Crippen LogP contribution in [-0.2, 0) is 6.54 Å². The van der Waals surface area contributed by atoms with Crippen molar-refractivity contribution in [3.63, 3.8) is 0 Å². The largest absolute Gasteiger partial charge is 0.454 e. The smallest absolute Gasteiger partial charge is 0.189 e. The molecular weight excluding hydrogens is 314 g/mol. The molecule has 1 saturated heterocycles. The molecule has 0 spiro atoms. The van der Waals surface area contributed by atoms with E-state index in [1.807, 2.05) is 4.90 Å². The van der Waals surface area contributed by atoms with Gasteiger partial charge in [-0.05, 0) is 31.0 Å². The molecule has 0 atom stereocenters. The summed E-state index contributed by atoms with van der Waals surface area (Å²) < 4.78 is 33.9. The molecule has 2 aromatic rings. The maximum Gasteiger partial charge on any atom is 0.189 e. The minimum atomic E-state index is -0.515. The van der Waals surface area contributed by atoms with Crippen molar-refractivity contribution >= 4 is 5.69 Å². The molecule has 0 bridgehead atoms. The van der Waals surface area contributed by atoms with E-state index >= 15 is 4.39 Å². The number of nitrogens with two attached hydrogens (primary N) is 1. The number of nitrogens with zero attached hydrogens (tertiary/aromatic N) is 1. The molecule has 1 aliphatic heterocycles. The fourth-order valence-electron chi connectivity index (χ4n) is 2.86. The highest BCUT2D eigenvalue weighted by Crippen LogP contribution is 2.35. The third-order valence-electron chi connectivity index (χ3n) is 4.20. The zero-order valence-corrected chi connectivity index (χ0v) is 13.2. The molecule has 0 saturated carbocycles. The van der Waals surface area contributed by atoms with Crippen molar-refractivity contribution in [3.05, 3.63) is 53.6 Å². The first-order chi connectivity index (χ1) is 11.6. The molecule has 1 fully saturated rings. The van der Waals surface area contributed by atoms with Crippen molar-refractivity contribution < 1.29 is 18.6 Å². The zero-order valence-electron chi connectivity index (χ0n) is 13.2. The lowest BCUT2D eigenvalue weighted by atomic mass is 10.1. The van der Waals surface area contributed by atoms with Gasteiger partial charge in [0.15, 0.2) is 11.6 Å². The second kappa shape index (κ2) is 7.15. The number of halogens is 2. The summed E-state index contributed by atoms with van der Waals surface area (Å²) >= 11 is 0. The van der Waals surface area contributed by atoms with E-state index in [0.29, 0.717) is 37.2 Å². The van der Waals surface area contributed by atoms with Crippen molar-refractivity contribution in [2.45, 2.75) is 25.5 Å². The molecule has 3 N–H and O–H groups in total. The van der Waals surface area contributed by atoms with Gasteiger partial charge in [-0.25, -0.2) is 8.78 Å². The number of rotatable bonds is 4. The molecule has 1 aliphatic rings. The van der Waals surface area contributed by atoms with Gasteiger partial charge in [-0.1, -0.05) is 12.1 Å². The van der Waals surface area contributed by atoms with Gasteiger partial charge in [-0.2, -0.15) is 0 Å². The minimum absolute atomic E-state index is 0.0201. The van der Waals surface area contributed by atoms with Crippen molar-refractivity contribution in [3.8, 4) is 11.5 Å². The number of aliphatic hydroxyl groups excluding tert-OH is 1. The first kappa shape index (κ1) is 16.7. The topological polar surface area (TPSA) is 58.7 Å². The molecule has 1 heterocycles.